The predicted molar refractivity (Wildman–Crippen MR) is 160 cm³/mol. The molecule has 0 aliphatic rings. The Kier molecular flexibility index (Phi) is 4.02. The zero-order chi connectivity index (χ0) is 25.5. The summed E-state index contributed by atoms with van der Waals surface area (Å²) in [5, 5.41) is 7.33. The maximum absolute atomic E-state index is 6.28. The van der Waals surface area contributed by atoms with Crippen molar-refractivity contribution in [2.75, 3.05) is 0 Å². The maximum Gasteiger partial charge on any atom is 0.307 e. The van der Waals surface area contributed by atoms with E-state index in [0.717, 1.165) is 27.8 Å². The summed E-state index contributed by atoms with van der Waals surface area (Å²) in [5.41, 5.74) is 7.36. The minimum Gasteiger partial charge on any atom is -0.423 e. The molecule has 0 amide bonds. The van der Waals surface area contributed by atoms with E-state index in [1.54, 1.807) is 0 Å². The maximum atomic E-state index is 6.28. The Labute approximate surface area is 222 Å². The fraction of sp³-hybridized carbons (Fsp3) is 0. The van der Waals surface area contributed by atoms with Crippen LogP contribution >= 0.6 is 0 Å². The minimum atomic E-state index is 0.584. The molecule has 0 aliphatic carbocycles. The Morgan fingerprint density at radius 1 is 0.487 bits per heavy atom. The van der Waals surface area contributed by atoms with E-state index < -0.39 is 0 Å². The lowest BCUT2D eigenvalue weighted by Gasteiger charge is -2.09. The van der Waals surface area contributed by atoms with E-state index in [9.17, 15) is 0 Å². The standard InChI is InChI=1S/C35H21N3O/c1-2-10-23(11-3-1)37-29-15-7-4-12-24(29)27-20-22-18-19-31-34(26(22)21-32(27)37)25-13-5-8-16-30(25)38(31)35-36-28-14-6-9-17-33(28)39-35/h1-21H. The molecule has 182 valence electrons. The van der Waals surface area contributed by atoms with Crippen LogP contribution in [0.1, 0.15) is 0 Å². The van der Waals surface area contributed by atoms with Crippen LogP contribution in [0.15, 0.2) is 132 Å². The fourth-order valence-electron chi connectivity index (χ4n) is 6.27. The van der Waals surface area contributed by atoms with Gasteiger partial charge in [0.15, 0.2) is 5.58 Å². The molecule has 0 fully saturated rings. The highest BCUT2D eigenvalue weighted by Crippen LogP contribution is 2.41. The third-order valence-corrected chi connectivity index (χ3v) is 7.93. The Bertz CT molecular complexity index is 2360. The first-order chi connectivity index (χ1) is 19.3. The fourth-order valence-corrected chi connectivity index (χ4v) is 6.27. The van der Waals surface area contributed by atoms with Gasteiger partial charge in [0.1, 0.15) is 5.52 Å². The van der Waals surface area contributed by atoms with Crippen molar-refractivity contribution in [2.24, 2.45) is 0 Å². The topological polar surface area (TPSA) is 35.9 Å². The molecule has 0 spiro atoms. The van der Waals surface area contributed by atoms with Crippen molar-refractivity contribution in [3.05, 3.63) is 127 Å². The molecule has 0 aliphatic heterocycles. The highest BCUT2D eigenvalue weighted by Gasteiger charge is 2.20. The van der Waals surface area contributed by atoms with Crippen LogP contribution in [-0.4, -0.2) is 14.1 Å². The lowest BCUT2D eigenvalue weighted by molar-refractivity contribution is 0.574. The first kappa shape index (κ1) is 20.7. The summed E-state index contributed by atoms with van der Waals surface area (Å²) in [6.07, 6.45) is 0. The Balaban J connectivity index is 1.45. The van der Waals surface area contributed by atoms with Gasteiger partial charge < -0.3 is 8.98 Å². The number of fused-ring (bicyclic) bond motifs is 9. The highest BCUT2D eigenvalue weighted by molar-refractivity contribution is 6.24. The molecule has 4 heteroatoms. The van der Waals surface area contributed by atoms with Gasteiger partial charge in [0.2, 0.25) is 0 Å². The van der Waals surface area contributed by atoms with E-state index in [2.05, 4.69) is 112 Å². The molecular formula is C35H21N3O. The van der Waals surface area contributed by atoms with Crippen molar-refractivity contribution in [1.82, 2.24) is 14.1 Å². The third kappa shape index (κ3) is 2.80. The number of rotatable bonds is 2. The molecule has 0 bridgehead atoms. The van der Waals surface area contributed by atoms with Crippen LogP contribution in [0.2, 0.25) is 0 Å². The molecule has 6 aromatic carbocycles. The van der Waals surface area contributed by atoms with Crippen LogP contribution in [0.25, 0.3) is 77.2 Å². The van der Waals surface area contributed by atoms with E-state index >= 15 is 0 Å². The van der Waals surface area contributed by atoms with Crippen molar-refractivity contribution >= 4 is 65.5 Å². The number of oxazole rings is 1. The summed E-state index contributed by atoms with van der Waals surface area (Å²) in [6, 6.07) is 45.5. The number of hydrogen-bond acceptors (Lipinski definition) is 2. The second-order valence-corrected chi connectivity index (χ2v) is 10.1. The summed E-state index contributed by atoms with van der Waals surface area (Å²) in [7, 11) is 0. The molecule has 39 heavy (non-hydrogen) atoms. The molecule has 0 saturated carbocycles. The van der Waals surface area contributed by atoms with Gasteiger partial charge in [-0.2, -0.15) is 4.98 Å². The molecular weight excluding hydrogens is 478 g/mol. The van der Waals surface area contributed by atoms with Crippen molar-refractivity contribution in [3.8, 4) is 11.7 Å². The van der Waals surface area contributed by atoms with E-state index in [1.807, 2.05) is 24.3 Å². The lowest BCUT2D eigenvalue weighted by atomic mass is 10.0. The van der Waals surface area contributed by atoms with Crippen LogP contribution in [-0.2, 0) is 0 Å². The molecule has 0 radical (unpaired) electrons. The van der Waals surface area contributed by atoms with Crippen LogP contribution in [0, 0.1) is 0 Å². The average molecular weight is 500 g/mol. The minimum absolute atomic E-state index is 0.584. The summed E-state index contributed by atoms with van der Waals surface area (Å²) < 4.78 is 10.8. The quantitative estimate of drug-likeness (QED) is 0.238. The van der Waals surface area contributed by atoms with Gasteiger partial charge in [-0.3, -0.25) is 4.57 Å². The van der Waals surface area contributed by atoms with E-state index in [0.29, 0.717) is 6.01 Å². The van der Waals surface area contributed by atoms with Gasteiger partial charge in [0, 0.05) is 27.2 Å². The molecule has 4 nitrogen and oxygen atoms in total. The van der Waals surface area contributed by atoms with Crippen LogP contribution in [0.3, 0.4) is 0 Å². The van der Waals surface area contributed by atoms with Crippen molar-refractivity contribution in [3.63, 3.8) is 0 Å². The second-order valence-electron chi connectivity index (χ2n) is 10.1. The number of aromatic nitrogens is 3. The predicted octanol–water partition coefficient (Wildman–Crippen LogP) is 9.18. The smallest absolute Gasteiger partial charge is 0.307 e. The summed E-state index contributed by atoms with van der Waals surface area (Å²) in [5.74, 6) is 0. The molecule has 9 aromatic rings. The van der Waals surface area contributed by atoms with Gasteiger partial charge >= 0.3 is 6.01 Å². The Hall–Kier alpha value is -5.35. The van der Waals surface area contributed by atoms with Crippen molar-refractivity contribution in [1.29, 1.82) is 0 Å². The summed E-state index contributed by atoms with van der Waals surface area (Å²) >= 11 is 0. The SMILES string of the molecule is c1ccc(-n2c3ccccc3c3cc4ccc5c(c4cc32)c2ccccc2n5-c2nc3ccccc3o2)cc1. The highest BCUT2D eigenvalue weighted by atomic mass is 16.4. The van der Waals surface area contributed by atoms with E-state index in [4.69, 9.17) is 9.40 Å². The van der Waals surface area contributed by atoms with Gasteiger partial charge in [-0.05, 0) is 65.4 Å². The zero-order valence-corrected chi connectivity index (χ0v) is 20.9. The lowest BCUT2D eigenvalue weighted by Crippen LogP contribution is -1.94. The third-order valence-electron chi connectivity index (χ3n) is 7.93. The first-order valence-electron chi connectivity index (χ1n) is 13.2. The molecule has 0 atom stereocenters. The largest absolute Gasteiger partial charge is 0.423 e. The summed E-state index contributed by atoms with van der Waals surface area (Å²) in [6.45, 7) is 0. The molecule has 0 saturated heterocycles. The number of para-hydroxylation sites is 5. The van der Waals surface area contributed by atoms with Crippen LogP contribution in [0.4, 0.5) is 0 Å². The first-order valence-corrected chi connectivity index (χ1v) is 13.2. The van der Waals surface area contributed by atoms with Gasteiger partial charge in [-0.25, -0.2) is 0 Å². The van der Waals surface area contributed by atoms with Crippen molar-refractivity contribution in [2.45, 2.75) is 0 Å². The van der Waals surface area contributed by atoms with Crippen molar-refractivity contribution < 1.29 is 4.42 Å². The monoisotopic (exact) mass is 499 g/mol. The molecule has 3 heterocycles. The molecule has 0 unspecified atom stereocenters. The number of benzene rings is 6. The number of nitrogens with zero attached hydrogens (tertiary/aromatic N) is 3. The Morgan fingerprint density at radius 2 is 1.21 bits per heavy atom. The van der Waals surface area contributed by atoms with Crippen LogP contribution < -0.4 is 0 Å². The van der Waals surface area contributed by atoms with Gasteiger partial charge in [0.05, 0.1) is 22.1 Å². The normalized spacial score (nSPS) is 12.1. The molecule has 3 aromatic heterocycles. The summed E-state index contributed by atoms with van der Waals surface area (Å²) in [4.78, 5) is 4.86. The van der Waals surface area contributed by atoms with E-state index in [1.165, 1.54) is 43.4 Å². The molecule has 0 N–H and O–H groups in total. The van der Waals surface area contributed by atoms with Gasteiger partial charge in [-0.1, -0.05) is 72.8 Å². The Morgan fingerprint density at radius 3 is 2.05 bits per heavy atom. The van der Waals surface area contributed by atoms with Crippen LogP contribution in [0.5, 0.6) is 0 Å². The zero-order valence-electron chi connectivity index (χ0n) is 20.9. The average Bonchev–Trinajstić information content (AvgIpc) is 3.66. The molecule has 9 rings (SSSR count). The second kappa shape index (κ2) is 7.59. The number of hydrogen-bond donors (Lipinski definition) is 0. The van der Waals surface area contributed by atoms with Gasteiger partial charge in [0.25, 0.3) is 0 Å². The van der Waals surface area contributed by atoms with Gasteiger partial charge in [-0.15, -0.1) is 0 Å². The van der Waals surface area contributed by atoms with E-state index in [-0.39, 0.29) is 0 Å².